The van der Waals surface area contributed by atoms with Crippen LogP contribution >= 0.6 is 0 Å². The molecule has 0 aromatic heterocycles. The molecule has 0 bridgehead atoms. The number of hydrogen-bond donors (Lipinski definition) is 2. The van der Waals surface area contributed by atoms with Gasteiger partial charge in [0.25, 0.3) is 0 Å². The molecule has 0 radical (unpaired) electrons. The van der Waals surface area contributed by atoms with Gasteiger partial charge in [-0.3, -0.25) is 0 Å². The van der Waals surface area contributed by atoms with E-state index in [1.165, 1.54) is 12.1 Å². The van der Waals surface area contributed by atoms with Crippen molar-refractivity contribution in [2.24, 2.45) is 0 Å². The van der Waals surface area contributed by atoms with Gasteiger partial charge in [0.1, 0.15) is 11.3 Å². The van der Waals surface area contributed by atoms with Crippen LogP contribution in [0.25, 0.3) is 0 Å². The fourth-order valence-electron chi connectivity index (χ4n) is 1.00. The largest absolute Gasteiger partial charge is 0.520 e. The van der Waals surface area contributed by atoms with Crippen molar-refractivity contribution >= 4 is 14.5 Å². The van der Waals surface area contributed by atoms with Crippen LogP contribution in [0.15, 0.2) is 24.3 Å². The van der Waals surface area contributed by atoms with Gasteiger partial charge >= 0.3 is 14.5 Å². The molecule has 4 nitrogen and oxygen atoms in total. The maximum atomic E-state index is 10.8. The summed E-state index contributed by atoms with van der Waals surface area (Å²) in [4.78, 5) is 20.3. The van der Waals surface area contributed by atoms with Gasteiger partial charge in [-0.15, -0.1) is 0 Å². The predicted octanol–water partition coefficient (Wildman–Crippen LogP) is 1.46. The van der Waals surface area contributed by atoms with Crippen LogP contribution in [-0.2, 0) is 0 Å². The lowest BCUT2D eigenvalue weighted by molar-refractivity contribution is 0.0694. The van der Waals surface area contributed by atoms with Crippen molar-refractivity contribution in [3.05, 3.63) is 29.8 Å². The van der Waals surface area contributed by atoms with E-state index >= 15 is 0 Å². The Labute approximate surface area is 83.0 Å². The summed E-state index contributed by atoms with van der Waals surface area (Å²) in [5, 5.41) is 8.82. The summed E-state index contributed by atoms with van der Waals surface area (Å²) in [5.74, 6) is -0.835. The first kappa shape index (κ1) is 10.7. The van der Waals surface area contributed by atoms with Gasteiger partial charge in [0.2, 0.25) is 0 Å². The molecule has 0 unspecified atom stereocenters. The van der Waals surface area contributed by atoms with Crippen molar-refractivity contribution < 1.29 is 19.1 Å². The van der Waals surface area contributed by atoms with Gasteiger partial charge < -0.3 is 14.3 Å². The fraction of sp³-hybridized carbons (Fsp3) is 0.222. The Hall–Kier alpha value is -1.33. The molecule has 5 heteroatoms. The number of carbonyl (C=O) groups is 1. The lowest BCUT2D eigenvalue weighted by Gasteiger charge is -2.18. The zero-order valence-corrected chi connectivity index (χ0v) is 9.02. The summed E-state index contributed by atoms with van der Waals surface area (Å²) in [5.41, 5.74) is 0.0714. The Kier molecular flexibility index (Phi) is 2.92. The molecule has 0 amide bonds. The van der Waals surface area contributed by atoms with E-state index in [-0.39, 0.29) is 11.3 Å². The second kappa shape index (κ2) is 3.81. The van der Waals surface area contributed by atoms with Gasteiger partial charge in [0.05, 0.1) is 0 Å². The molecule has 76 valence electrons. The first-order valence-electron chi connectivity index (χ1n) is 4.14. The summed E-state index contributed by atoms with van der Waals surface area (Å²) >= 11 is 0. The summed E-state index contributed by atoms with van der Waals surface area (Å²) in [6.07, 6.45) is 0. The van der Waals surface area contributed by atoms with E-state index in [0.717, 1.165) is 0 Å². The van der Waals surface area contributed by atoms with E-state index in [2.05, 4.69) is 0 Å². The maximum Gasteiger partial charge on any atom is 0.389 e. The number of benzene rings is 1. The van der Waals surface area contributed by atoms with E-state index in [1.807, 2.05) is 0 Å². The minimum absolute atomic E-state index is 0.0714. The first-order valence-corrected chi connectivity index (χ1v) is 6.99. The van der Waals surface area contributed by atoms with Crippen LogP contribution in [0.3, 0.4) is 0 Å². The number of rotatable bonds is 3. The second-order valence-electron chi connectivity index (χ2n) is 3.35. The highest BCUT2D eigenvalue weighted by Gasteiger charge is 2.23. The molecular formula is C9H12O4Si. The van der Waals surface area contributed by atoms with Crippen LogP contribution in [0, 0.1) is 0 Å². The quantitative estimate of drug-likeness (QED) is 0.744. The van der Waals surface area contributed by atoms with Crippen LogP contribution < -0.4 is 4.43 Å². The van der Waals surface area contributed by atoms with Crippen molar-refractivity contribution in [2.45, 2.75) is 13.1 Å². The van der Waals surface area contributed by atoms with E-state index in [1.54, 1.807) is 25.2 Å². The third kappa shape index (κ3) is 2.86. The molecule has 1 aromatic rings. The third-order valence-corrected chi connectivity index (χ3v) is 2.20. The van der Waals surface area contributed by atoms with Crippen molar-refractivity contribution in [1.82, 2.24) is 0 Å². The van der Waals surface area contributed by atoms with Crippen LogP contribution in [0.1, 0.15) is 10.4 Å². The molecule has 0 spiro atoms. The summed E-state index contributed by atoms with van der Waals surface area (Å²) < 4.78 is 5.21. The smallest absolute Gasteiger partial charge is 0.389 e. The van der Waals surface area contributed by atoms with Gasteiger partial charge in [0, 0.05) is 0 Å². The summed E-state index contributed by atoms with van der Waals surface area (Å²) in [7, 11) is -2.74. The zero-order chi connectivity index (χ0) is 10.8. The van der Waals surface area contributed by atoms with Crippen LogP contribution in [0.4, 0.5) is 0 Å². The molecule has 0 aliphatic heterocycles. The highest BCUT2D eigenvalue weighted by Crippen LogP contribution is 2.20. The highest BCUT2D eigenvalue weighted by molar-refractivity contribution is 6.63. The van der Waals surface area contributed by atoms with E-state index in [0.29, 0.717) is 0 Å². The second-order valence-corrected chi connectivity index (χ2v) is 6.45. The predicted molar refractivity (Wildman–Crippen MR) is 53.7 cm³/mol. The molecule has 1 rings (SSSR count). The number of aromatic carboxylic acids is 1. The molecule has 2 N–H and O–H groups in total. The molecule has 0 atom stereocenters. The lowest BCUT2D eigenvalue weighted by Crippen LogP contribution is -2.34. The summed E-state index contributed by atoms with van der Waals surface area (Å²) in [6.45, 7) is 3.15. The standard InChI is InChI=1S/C9H12O4Si/c1-14(2,12)13-8-6-4-3-5-7(8)9(10)11/h3-6,12H,1-2H3,(H,10,11). The van der Waals surface area contributed by atoms with Crippen LogP contribution in [0.2, 0.25) is 13.1 Å². The molecular weight excluding hydrogens is 200 g/mol. The number of carboxylic acids is 1. The number of hydrogen-bond acceptors (Lipinski definition) is 3. The lowest BCUT2D eigenvalue weighted by atomic mass is 10.2. The number of carboxylic acid groups (broad SMARTS) is 1. The molecule has 0 heterocycles. The van der Waals surface area contributed by atoms with Gasteiger partial charge in [-0.1, -0.05) is 12.1 Å². The Morgan fingerprint density at radius 3 is 2.43 bits per heavy atom. The molecule has 14 heavy (non-hydrogen) atoms. The van der Waals surface area contributed by atoms with Crippen molar-refractivity contribution in [2.75, 3.05) is 0 Å². The molecule has 0 saturated carbocycles. The highest BCUT2D eigenvalue weighted by atomic mass is 28.4. The monoisotopic (exact) mass is 212 g/mol. The van der Waals surface area contributed by atoms with Gasteiger partial charge in [0.15, 0.2) is 0 Å². The van der Waals surface area contributed by atoms with Gasteiger partial charge in [-0.25, -0.2) is 4.79 Å². The molecule has 1 aromatic carbocycles. The first-order chi connectivity index (χ1) is 6.40. The Balaban J connectivity index is 3.02. The van der Waals surface area contributed by atoms with E-state index in [9.17, 15) is 9.59 Å². The van der Waals surface area contributed by atoms with Crippen molar-refractivity contribution in [3.8, 4) is 5.75 Å². The molecule has 0 fully saturated rings. The Morgan fingerprint density at radius 2 is 1.93 bits per heavy atom. The van der Waals surface area contributed by atoms with Gasteiger partial charge in [-0.2, -0.15) is 0 Å². The van der Waals surface area contributed by atoms with Gasteiger partial charge in [-0.05, 0) is 25.2 Å². The van der Waals surface area contributed by atoms with Crippen LogP contribution in [-0.4, -0.2) is 24.4 Å². The molecule has 0 saturated heterocycles. The minimum atomic E-state index is -2.74. The average molecular weight is 212 g/mol. The minimum Gasteiger partial charge on any atom is -0.520 e. The number of para-hydroxylation sites is 1. The van der Waals surface area contributed by atoms with Crippen molar-refractivity contribution in [1.29, 1.82) is 0 Å². The summed E-state index contributed by atoms with van der Waals surface area (Å²) in [6, 6.07) is 6.26. The fourth-order valence-corrected chi connectivity index (χ4v) is 1.72. The van der Waals surface area contributed by atoms with Crippen LogP contribution in [0.5, 0.6) is 5.75 Å². The third-order valence-electron chi connectivity index (χ3n) is 1.48. The average Bonchev–Trinajstić information content (AvgIpc) is 2.01. The topological polar surface area (TPSA) is 66.8 Å². The Bertz CT molecular complexity index is 343. The maximum absolute atomic E-state index is 10.8. The molecule has 0 aliphatic carbocycles. The normalized spacial score (nSPS) is 11.1. The molecule has 0 aliphatic rings. The Morgan fingerprint density at radius 1 is 1.36 bits per heavy atom. The van der Waals surface area contributed by atoms with Crippen molar-refractivity contribution in [3.63, 3.8) is 0 Å². The SMILES string of the molecule is C[Si](C)(O)Oc1ccccc1C(=O)O. The van der Waals surface area contributed by atoms with E-state index in [4.69, 9.17) is 9.53 Å². The zero-order valence-electron chi connectivity index (χ0n) is 8.02. The van der Waals surface area contributed by atoms with E-state index < -0.39 is 14.5 Å².